The van der Waals surface area contributed by atoms with E-state index in [0.29, 0.717) is 11.4 Å². The zero-order valence-electron chi connectivity index (χ0n) is 11.4. The first kappa shape index (κ1) is 14.8. The molecule has 19 heavy (non-hydrogen) atoms. The number of methoxy groups -OCH3 is 1. The van der Waals surface area contributed by atoms with Crippen LogP contribution in [0.1, 0.15) is 11.1 Å². The van der Waals surface area contributed by atoms with Gasteiger partial charge in [0.2, 0.25) is 0 Å². The number of carboxylic acids is 1. The molecule has 102 valence electrons. The molecule has 0 spiro atoms. The summed E-state index contributed by atoms with van der Waals surface area (Å²) in [6, 6.07) is 3.77. The van der Waals surface area contributed by atoms with Crippen molar-refractivity contribution in [1.29, 1.82) is 0 Å². The highest BCUT2D eigenvalue weighted by Gasteiger charge is 2.15. The van der Waals surface area contributed by atoms with E-state index in [1.807, 2.05) is 26.0 Å². The number of carboxylic acid groups (broad SMARTS) is 1. The number of hydrogen-bond donors (Lipinski definition) is 1. The van der Waals surface area contributed by atoms with E-state index in [2.05, 4.69) is 0 Å². The van der Waals surface area contributed by atoms with Gasteiger partial charge < -0.3 is 14.7 Å². The van der Waals surface area contributed by atoms with E-state index >= 15 is 0 Å². The predicted octanol–water partition coefficient (Wildman–Crippen LogP) is 1.92. The summed E-state index contributed by atoms with van der Waals surface area (Å²) in [6.07, 6.45) is 1.83. The average Bonchev–Trinajstić information content (AvgIpc) is 2.34. The third kappa shape index (κ3) is 3.58. The number of amides is 1. The standard InChI is InChI=1S/C14H17NO4/c1-9-7-10(2)14(19-4)11(8-9)15(3)12(16)5-6-13(17)18/h5-8H,1-4H3,(H,17,18)/b6-5+. The average molecular weight is 263 g/mol. The first-order chi connectivity index (χ1) is 8.86. The van der Waals surface area contributed by atoms with Gasteiger partial charge in [0.1, 0.15) is 5.75 Å². The molecule has 1 aromatic rings. The zero-order chi connectivity index (χ0) is 14.6. The summed E-state index contributed by atoms with van der Waals surface area (Å²) in [5.41, 5.74) is 2.52. The lowest BCUT2D eigenvalue weighted by Crippen LogP contribution is -2.25. The first-order valence-electron chi connectivity index (χ1n) is 5.70. The number of likely N-dealkylation sites (N-methyl/N-ethyl adjacent to an activating group) is 1. The smallest absolute Gasteiger partial charge is 0.328 e. The Morgan fingerprint density at radius 1 is 1.26 bits per heavy atom. The molecule has 5 nitrogen and oxygen atoms in total. The molecular formula is C14H17NO4. The molecule has 0 aromatic heterocycles. The molecule has 0 aliphatic carbocycles. The summed E-state index contributed by atoms with van der Waals surface area (Å²) in [6.45, 7) is 3.81. The van der Waals surface area contributed by atoms with Crippen LogP contribution in [0.15, 0.2) is 24.3 Å². The summed E-state index contributed by atoms with van der Waals surface area (Å²) < 4.78 is 5.29. The van der Waals surface area contributed by atoms with Gasteiger partial charge in [0.05, 0.1) is 12.8 Å². The summed E-state index contributed by atoms with van der Waals surface area (Å²) >= 11 is 0. The molecule has 5 heteroatoms. The van der Waals surface area contributed by atoms with E-state index in [-0.39, 0.29) is 0 Å². The van der Waals surface area contributed by atoms with Gasteiger partial charge in [-0.1, -0.05) is 6.07 Å². The van der Waals surface area contributed by atoms with E-state index in [1.54, 1.807) is 7.05 Å². The third-order valence-corrected chi connectivity index (χ3v) is 2.66. The Morgan fingerprint density at radius 2 is 1.89 bits per heavy atom. The van der Waals surface area contributed by atoms with E-state index in [0.717, 1.165) is 23.3 Å². The van der Waals surface area contributed by atoms with E-state index < -0.39 is 11.9 Å². The van der Waals surface area contributed by atoms with Crippen molar-refractivity contribution in [3.8, 4) is 5.75 Å². The Balaban J connectivity index is 3.15. The third-order valence-electron chi connectivity index (χ3n) is 2.66. The SMILES string of the molecule is COc1c(C)cc(C)cc1N(C)C(=O)/C=C/C(=O)O. The molecule has 0 saturated heterocycles. The molecule has 1 amide bonds. The van der Waals surface area contributed by atoms with Crippen molar-refractivity contribution in [3.63, 3.8) is 0 Å². The van der Waals surface area contributed by atoms with Crippen LogP contribution >= 0.6 is 0 Å². The number of benzene rings is 1. The number of hydrogen-bond acceptors (Lipinski definition) is 3. The van der Waals surface area contributed by atoms with Crippen LogP contribution in [0.3, 0.4) is 0 Å². The summed E-state index contributed by atoms with van der Waals surface area (Å²) in [5, 5.41) is 8.52. The van der Waals surface area contributed by atoms with Gasteiger partial charge in [-0.05, 0) is 31.0 Å². The second-order valence-electron chi connectivity index (χ2n) is 4.20. The molecule has 0 unspecified atom stereocenters. The largest absolute Gasteiger partial charge is 0.494 e. The van der Waals surface area contributed by atoms with Gasteiger partial charge >= 0.3 is 5.97 Å². The maximum atomic E-state index is 11.9. The van der Waals surface area contributed by atoms with Crippen LogP contribution in [0.25, 0.3) is 0 Å². The minimum atomic E-state index is -1.16. The van der Waals surface area contributed by atoms with Crippen LogP contribution in [0.2, 0.25) is 0 Å². The highest BCUT2D eigenvalue weighted by molar-refractivity contribution is 6.04. The van der Waals surface area contributed by atoms with Crippen molar-refractivity contribution >= 4 is 17.6 Å². The minimum absolute atomic E-state index is 0.425. The monoisotopic (exact) mass is 263 g/mol. The fourth-order valence-electron chi connectivity index (χ4n) is 1.82. The molecule has 0 heterocycles. The van der Waals surface area contributed by atoms with Crippen molar-refractivity contribution in [3.05, 3.63) is 35.4 Å². The zero-order valence-corrected chi connectivity index (χ0v) is 11.4. The molecule has 0 aliphatic rings. The van der Waals surface area contributed by atoms with Crippen LogP contribution < -0.4 is 9.64 Å². The lowest BCUT2D eigenvalue weighted by molar-refractivity contribution is -0.131. The summed E-state index contributed by atoms with van der Waals surface area (Å²) in [4.78, 5) is 23.6. The van der Waals surface area contributed by atoms with Crippen molar-refractivity contribution in [2.24, 2.45) is 0 Å². The maximum Gasteiger partial charge on any atom is 0.328 e. The Morgan fingerprint density at radius 3 is 2.42 bits per heavy atom. The van der Waals surface area contributed by atoms with Crippen LogP contribution in [-0.2, 0) is 9.59 Å². The Kier molecular flexibility index (Phi) is 4.69. The summed E-state index contributed by atoms with van der Waals surface area (Å²) in [7, 11) is 3.11. The lowest BCUT2D eigenvalue weighted by Gasteiger charge is -2.20. The van der Waals surface area contributed by atoms with Crippen LogP contribution in [0, 0.1) is 13.8 Å². The number of rotatable bonds is 4. The van der Waals surface area contributed by atoms with Gasteiger partial charge in [0, 0.05) is 19.2 Å². The van der Waals surface area contributed by atoms with Gasteiger partial charge in [-0.2, -0.15) is 0 Å². The highest BCUT2D eigenvalue weighted by atomic mass is 16.5. The molecule has 1 aromatic carbocycles. The molecule has 1 N–H and O–H groups in total. The molecule has 0 saturated carbocycles. The highest BCUT2D eigenvalue weighted by Crippen LogP contribution is 2.32. The predicted molar refractivity (Wildman–Crippen MR) is 72.7 cm³/mol. The second kappa shape index (κ2) is 6.04. The van der Waals surface area contributed by atoms with Crippen LogP contribution in [0.5, 0.6) is 5.75 Å². The fraction of sp³-hybridized carbons (Fsp3) is 0.286. The molecule has 0 radical (unpaired) electrons. The van der Waals surface area contributed by atoms with Crippen molar-refractivity contribution in [2.75, 3.05) is 19.1 Å². The molecular weight excluding hydrogens is 246 g/mol. The fourth-order valence-corrected chi connectivity index (χ4v) is 1.82. The van der Waals surface area contributed by atoms with Crippen molar-refractivity contribution in [1.82, 2.24) is 0 Å². The Labute approximate surface area is 112 Å². The Bertz CT molecular complexity index is 534. The number of aliphatic carboxylic acids is 1. The number of ether oxygens (including phenoxy) is 1. The number of aryl methyl sites for hydroxylation is 2. The maximum absolute atomic E-state index is 11.9. The first-order valence-corrected chi connectivity index (χ1v) is 5.70. The van der Waals surface area contributed by atoms with E-state index in [1.165, 1.54) is 12.0 Å². The topological polar surface area (TPSA) is 66.8 Å². The quantitative estimate of drug-likeness (QED) is 0.843. The van der Waals surface area contributed by atoms with Gasteiger partial charge in [0.25, 0.3) is 5.91 Å². The van der Waals surface area contributed by atoms with Crippen molar-refractivity contribution < 1.29 is 19.4 Å². The van der Waals surface area contributed by atoms with Gasteiger partial charge in [-0.3, -0.25) is 4.79 Å². The number of carbonyl (C=O) groups excluding carboxylic acids is 1. The van der Waals surface area contributed by atoms with Crippen LogP contribution in [0.4, 0.5) is 5.69 Å². The second-order valence-corrected chi connectivity index (χ2v) is 4.20. The molecule has 0 aliphatic heterocycles. The van der Waals surface area contributed by atoms with Crippen molar-refractivity contribution in [2.45, 2.75) is 13.8 Å². The van der Waals surface area contributed by atoms with Gasteiger partial charge in [-0.25, -0.2) is 4.79 Å². The Hall–Kier alpha value is -2.30. The van der Waals surface area contributed by atoms with Gasteiger partial charge in [-0.15, -0.1) is 0 Å². The number of nitrogens with zero attached hydrogens (tertiary/aromatic N) is 1. The van der Waals surface area contributed by atoms with E-state index in [9.17, 15) is 9.59 Å². The normalized spacial score (nSPS) is 10.5. The molecule has 0 atom stereocenters. The molecule has 0 fully saturated rings. The lowest BCUT2D eigenvalue weighted by atomic mass is 10.1. The van der Waals surface area contributed by atoms with Crippen LogP contribution in [-0.4, -0.2) is 31.1 Å². The minimum Gasteiger partial charge on any atom is -0.494 e. The number of anilines is 1. The molecule has 0 bridgehead atoms. The van der Waals surface area contributed by atoms with Gasteiger partial charge in [0.15, 0.2) is 0 Å². The number of carbonyl (C=O) groups is 2. The summed E-state index contributed by atoms with van der Waals surface area (Å²) in [5.74, 6) is -0.981. The van der Waals surface area contributed by atoms with E-state index in [4.69, 9.17) is 9.84 Å². The molecule has 1 rings (SSSR count).